The number of rotatable bonds is 4. The smallest absolute Gasteiger partial charge is 0.303 e. The number of hydrogen-bond donors (Lipinski definition) is 1. The van der Waals surface area contributed by atoms with E-state index in [1.165, 1.54) is 6.20 Å². The molecule has 1 fully saturated rings. The minimum Gasteiger partial charge on any atom is -0.481 e. The SMILES string of the molecule is N#Cc1nccnc1N1CCC(CCC(=O)O)C1. The molecule has 1 saturated heterocycles. The Labute approximate surface area is 105 Å². The van der Waals surface area contributed by atoms with Gasteiger partial charge in [-0.1, -0.05) is 0 Å². The van der Waals surface area contributed by atoms with Crippen LogP contribution in [0.3, 0.4) is 0 Å². The molecule has 0 saturated carbocycles. The molecule has 0 amide bonds. The monoisotopic (exact) mass is 246 g/mol. The van der Waals surface area contributed by atoms with Crippen molar-refractivity contribution in [2.75, 3.05) is 18.0 Å². The quantitative estimate of drug-likeness (QED) is 0.853. The van der Waals surface area contributed by atoms with Crippen molar-refractivity contribution < 1.29 is 9.90 Å². The zero-order chi connectivity index (χ0) is 13.0. The van der Waals surface area contributed by atoms with Gasteiger partial charge in [-0.05, 0) is 18.8 Å². The zero-order valence-corrected chi connectivity index (χ0v) is 9.91. The van der Waals surface area contributed by atoms with Gasteiger partial charge >= 0.3 is 5.97 Å². The number of aromatic nitrogens is 2. The van der Waals surface area contributed by atoms with Crippen molar-refractivity contribution in [3.05, 3.63) is 18.1 Å². The lowest BCUT2D eigenvalue weighted by Gasteiger charge is -2.17. The fraction of sp³-hybridized carbons (Fsp3) is 0.500. The van der Waals surface area contributed by atoms with Gasteiger partial charge in [0.2, 0.25) is 0 Å². The van der Waals surface area contributed by atoms with Crippen LogP contribution in [-0.2, 0) is 4.79 Å². The maximum Gasteiger partial charge on any atom is 0.303 e. The van der Waals surface area contributed by atoms with E-state index in [1.807, 2.05) is 11.0 Å². The summed E-state index contributed by atoms with van der Waals surface area (Å²) in [4.78, 5) is 20.7. The number of aliphatic carboxylic acids is 1. The molecule has 6 heteroatoms. The van der Waals surface area contributed by atoms with E-state index < -0.39 is 5.97 Å². The van der Waals surface area contributed by atoms with Gasteiger partial charge < -0.3 is 10.0 Å². The predicted octanol–water partition coefficient (Wildman–Crippen LogP) is 1.04. The molecule has 1 atom stereocenters. The lowest BCUT2D eigenvalue weighted by Crippen LogP contribution is -2.22. The largest absolute Gasteiger partial charge is 0.481 e. The summed E-state index contributed by atoms with van der Waals surface area (Å²) in [7, 11) is 0. The van der Waals surface area contributed by atoms with Crippen LogP contribution < -0.4 is 4.90 Å². The summed E-state index contributed by atoms with van der Waals surface area (Å²) in [6, 6.07) is 2.03. The van der Waals surface area contributed by atoms with E-state index in [0.29, 0.717) is 23.9 Å². The summed E-state index contributed by atoms with van der Waals surface area (Å²) in [6.45, 7) is 1.55. The Kier molecular flexibility index (Phi) is 3.72. The summed E-state index contributed by atoms with van der Waals surface area (Å²) < 4.78 is 0. The van der Waals surface area contributed by atoms with E-state index in [1.54, 1.807) is 6.20 Å². The fourth-order valence-corrected chi connectivity index (χ4v) is 2.23. The number of nitrogens with zero attached hydrogens (tertiary/aromatic N) is 4. The van der Waals surface area contributed by atoms with Crippen molar-refractivity contribution in [2.24, 2.45) is 5.92 Å². The highest BCUT2D eigenvalue weighted by molar-refractivity contribution is 5.66. The average molecular weight is 246 g/mol. The summed E-state index contributed by atoms with van der Waals surface area (Å²) in [5.41, 5.74) is 0.330. The number of carboxylic acid groups (broad SMARTS) is 1. The molecule has 1 aliphatic rings. The zero-order valence-electron chi connectivity index (χ0n) is 9.91. The van der Waals surface area contributed by atoms with Gasteiger partial charge in [0.15, 0.2) is 11.5 Å². The first kappa shape index (κ1) is 12.3. The van der Waals surface area contributed by atoms with Crippen molar-refractivity contribution in [2.45, 2.75) is 19.3 Å². The number of anilines is 1. The molecular weight excluding hydrogens is 232 g/mol. The van der Waals surface area contributed by atoms with Crippen LogP contribution in [0.15, 0.2) is 12.4 Å². The van der Waals surface area contributed by atoms with Gasteiger partial charge in [0.05, 0.1) is 0 Å². The van der Waals surface area contributed by atoms with Crippen LogP contribution in [0.4, 0.5) is 5.82 Å². The second-order valence-corrected chi connectivity index (χ2v) is 4.37. The molecule has 2 heterocycles. The molecule has 0 spiro atoms. The van der Waals surface area contributed by atoms with E-state index in [-0.39, 0.29) is 6.42 Å². The molecule has 94 valence electrons. The van der Waals surface area contributed by atoms with Crippen molar-refractivity contribution >= 4 is 11.8 Å². The lowest BCUT2D eigenvalue weighted by molar-refractivity contribution is -0.137. The first-order valence-electron chi connectivity index (χ1n) is 5.88. The van der Waals surface area contributed by atoms with Crippen molar-refractivity contribution in [1.82, 2.24) is 9.97 Å². The molecular formula is C12H14N4O2. The first-order valence-corrected chi connectivity index (χ1v) is 5.88. The minimum atomic E-state index is -0.759. The number of nitriles is 1. The van der Waals surface area contributed by atoms with E-state index in [4.69, 9.17) is 10.4 Å². The third-order valence-electron chi connectivity index (χ3n) is 3.14. The molecule has 0 aromatic carbocycles. The minimum absolute atomic E-state index is 0.198. The molecule has 0 bridgehead atoms. The summed E-state index contributed by atoms with van der Waals surface area (Å²) in [5, 5.41) is 17.6. The Hall–Kier alpha value is -2.16. The van der Waals surface area contributed by atoms with Gasteiger partial charge in [-0.3, -0.25) is 4.79 Å². The van der Waals surface area contributed by atoms with Crippen LogP contribution in [-0.4, -0.2) is 34.1 Å². The molecule has 6 nitrogen and oxygen atoms in total. The molecule has 1 aromatic heterocycles. The first-order chi connectivity index (χ1) is 8.70. The summed E-state index contributed by atoms with van der Waals surface area (Å²) >= 11 is 0. The molecule has 2 rings (SSSR count). The lowest BCUT2D eigenvalue weighted by atomic mass is 10.0. The van der Waals surface area contributed by atoms with E-state index in [0.717, 1.165) is 19.5 Å². The highest BCUT2D eigenvalue weighted by Gasteiger charge is 2.25. The fourth-order valence-electron chi connectivity index (χ4n) is 2.23. The van der Waals surface area contributed by atoms with Crippen molar-refractivity contribution in [3.63, 3.8) is 0 Å². The van der Waals surface area contributed by atoms with Gasteiger partial charge in [-0.15, -0.1) is 0 Å². The van der Waals surface area contributed by atoms with Crippen LogP contribution in [0, 0.1) is 17.2 Å². The Morgan fingerprint density at radius 3 is 3.06 bits per heavy atom. The van der Waals surface area contributed by atoms with E-state index in [2.05, 4.69) is 9.97 Å². The molecule has 1 aliphatic heterocycles. The standard InChI is InChI=1S/C12H14N4O2/c13-7-10-12(15-5-4-14-10)16-6-3-9(8-16)1-2-11(17)18/h4-5,9H,1-3,6,8H2,(H,17,18). The molecule has 18 heavy (non-hydrogen) atoms. The number of carbonyl (C=O) groups is 1. The number of hydrogen-bond acceptors (Lipinski definition) is 5. The van der Waals surface area contributed by atoms with E-state index in [9.17, 15) is 4.79 Å². The predicted molar refractivity (Wildman–Crippen MR) is 63.9 cm³/mol. The second kappa shape index (κ2) is 5.45. The Balaban J connectivity index is 2.00. The third-order valence-corrected chi connectivity index (χ3v) is 3.14. The molecule has 0 radical (unpaired) electrons. The van der Waals surface area contributed by atoms with E-state index >= 15 is 0 Å². The van der Waals surface area contributed by atoms with Gasteiger partial charge in [0, 0.05) is 31.9 Å². The number of carboxylic acids is 1. The Morgan fingerprint density at radius 1 is 1.56 bits per heavy atom. The molecule has 0 aliphatic carbocycles. The maximum atomic E-state index is 10.5. The van der Waals surface area contributed by atoms with Crippen LogP contribution >= 0.6 is 0 Å². The van der Waals surface area contributed by atoms with Crippen LogP contribution in [0.25, 0.3) is 0 Å². The van der Waals surface area contributed by atoms with Crippen LogP contribution in [0.2, 0.25) is 0 Å². The Bertz CT molecular complexity index is 483. The molecule has 1 unspecified atom stereocenters. The topological polar surface area (TPSA) is 90.1 Å². The molecule has 1 N–H and O–H groups in total. The third kappa shape index (κ3) is 2.74. The summed E-state index contributed by atoms with van der Waals surface area (Å²) in [5.74, 6) is 0.207. The normalized spacial score (nSPS) is 18.6. The highest BCUT2D eigenvalue weighted by atomic mass is 16.4. The van der Waals surface area contributed by atoms with Crippen LogP contribution in [0.5, 0.6) is 0 Å². The van der Waals surface area contributed by atoms with Gasteiger partial charge in [0.25, 0.3) is 0 Å². The van der Waals surface area contributed by atoms with Crippen molar-refractivity contribution in [3.8, 4) is 6.07 Å². The highest BCUT2D eigenvalue weighted by Crippen LogP contribution is 2.26. The van der Waals surface area contributed by atoms with Gasteiger partial charge in [-0.25, -0.2) is 9.97 Å². The Morgan fingerprint density at radius 2 is 2.33 bits per heavy atom. The van der Waals surface area contributed by atoms with Gasteiger partial charge in [0.1, 0.15) is 6.07 Å². The maximum absolute atomic E-state index is 10.5. The van der Waals surface area contributed by atoms with Gasteiger partial charge in [-0.2, -0.15) is 5.26 Å². The molecule has 1 aromatic rings. The van der Waals surface area contributed by atoms with Crippen LogP contribution in [0.1, 0.15) is 25.0 Å². The van der Waals surface area contributed by atoms with Crippen molar-refractivity contribution in [1.29, 1.82) is 5.26 Å². The summed E-state index contributed by atoms with van der Waals surface area (Å²) in [6.07, 6.45) is 4.88. The second-order valence-electron chi connectivity index (χ2n) is 4.37. The average Bonchev–Trinajstić information content (AvgIpc) is 2.85.